The van der Waals surface area contributed by atoms with Crippen molar-refractivity contribution in [2.24, 2.45) is 4.99 Å². The predicted molar refractivity (Wildman–Crippen MR) is 136 cm³/mol. The molecule has 0 aliphatic rings. The van der Waals surface area contributed by atoms with Gasteiger partial charge in [-0.05, 0) is 54.9 Å². The van der Waals surface area contributed by atoms with Crippen molar-refractivity contribution in [1.29, 1.82) is 0 Å². The predicted octanol–water partition coefficient (Wildman–Crippen LogP) is 3.46. The monoisotopic (exact) mass is 562 g/mol. The topological polar surface area (TPSA) is 109 Å². The molecule has 0 spiro atoms. The fourth-order valence-corrected chi connectivity index (χ4v) is 3.24. The summed E-state index contributed by atoms with van der Waals surface area (Å²) in [6, 6.07) is -0.0421. The Hall–Kier alpha value is -0.780. The Morgan fingerprint density at radius 3 is 2.13 bits per heavy atom. The summed E-state index contributed by atoms with van der Waals surface area (Å²) in [6.45, 7) is 15.8. The highest BCUT2D eigenvalue weighted by Crippen LogP contribution is 2.15. The molecule has 1 unspecified atom stereocenters. The number of aliphatic imine (C=N–C) groups is 1. The van der Waals surface area contributed by atoms with E-state index < -0.39 is 26.3 Å². The van der Waals surface area contributed by atoms with Gasteiger partial charge in [0.1, 0.15) is 5.60 Å². The number of carbonyl (C=O) groups excluding carboxylic acids is 1. The normalized spacial score (nSPS) is 13.8. The fourth-order valence-electron chi connectivity index (χ4n) is 2.29. The van der Waals surface area contributed by atoms with E-state index in [1.807, 2.05) is 27.7 Å². The summed E-state index contributed by atoms with van der Waals surface area (Å²) < 4.78 is 29.0. The number of rotatable bonds is 10. The molecule has 0 aliphatic heterocycles. The van der Waals surface area contributed by atoms with Crippen LogP contribution in [-0.4, -0.2) is 62.2 Å². The molecule has 0 saturated carbocycles. The number of halogens is 1. The van der Waals surface area contributed by atoms with Crippen LogP contribution in [0, 0.1) is 0 Å². The van der Waals surface area contributed by atoms with E-state index in [9.17, 15) is 13.2 Å². The highest BCUT2D eigenvalue weighted by molar-refractivity contribution is 14.0. The van der Waals surface area contributed by atoms with Gasteiger partial charge in [0.05, 0.1) is 17.0 Å². The zero-order valence-electron chi connectivity index (χ0n) is 19.9. The highest BCUT2D eigenvalue weighted by Gasteiger charge is 2.28. The molecule has 1 amide bonds. The van der Waals surface area contributed by atoms with Crippen molar-refractivity contribution >= 4 is 45.9 Å². The summed E-state index contributed by atoms with van der Waals surface area (Å²) in [5.74, 6) is 0.534. The molecule has 0 bridgehead atoms. The molecule has 0 aromatic carbocycles. The Morgan fingerprint density at radius 1 is 1.07 bits per heavy atom. The van der Waals surface area contributed by atoms with Crippen LogP contribution < -0.4 is 16.0 Å². The van der Waals surface area contributed by atoms with E-state index in [0.717, 1.165) is 19.3 Å². The number of carbonyl (C=O) groups is 1. The number of nitrogens with one attached hydrogen (secondary N) is 3. The zero-order valence-corrected chi connectivity index (χ0v) is 23.1. The molecule has 8 nitrogen and oxygen atoms in total. The first-order valence-electron chi connectivity index (χ1n) is 10.5. The summed E-state index contributed by atoms with van der Waals surface area (Å²) in [7, 11) is -3.23. The van der Waals surface area contributed by atoms with Gasteiger partial charge in [-0.3, -0.25) is 4.99 Å². The Bertz CT molecular complexity index is 626. The summed E-state index contributed by atoms with van der Waals surface area (Å²) in [4.78, 5) is 16.4. The third kappa shape index (κ3) is 14.3. The molecule has 30 heavy (non-hydrogen) atoms. The minimum absolute atomic E-state index is 0. The van der Waals surface area contributed by atoms with E-state index in [1.165, 1.54) is 0 Å². The molecule has 0 radical (unpaired) electrons. The van der Waals surface area contributed by atoms with Gasteiger partial charge in [-0.15, -0.1) is 24.0 Å². The van der Waals surface area contributed by atoms with E-state index in [2.05, 4.69) is 27.9 Å². The Morgan fingerprint density at radius 2 is 1.67 bits per heavy atom. The summed E-state index contributed by atoms with van der Waals surface area (Å²) in [5, 5.41) is 9.24. The van der Waals surface area contributed by atoms with Gasteiger partial charge in [0.15, 0.2) is 15.8 Å². The van der Waals surface area contributed by atoms with Crippen LogP contribution >= 0.6 is 24.0 Å². The van der Waals surface area contributed by atoms with E-state index >= 15 is 0 Å². The lowest BCUT2D eigenvalue weighted by molar-refractivity contribution is 0.0522. The van der Waals surface area contributed by atoms with Crippen LogP contribution in [0.25, 0.3) is 0 Å². The van der Waals surface area contributed by atoms with Crippen LogP contribution in [0.15, 0.2) is 4.99 Å². The third-order valence-electron chi connectivity index (χ3n) is 4.05. The number of ether oxygens (including phenoxy) is 1. The smallest absolute Gasteiger partial charge is 0.407 e. The van der Waals surface area contributed by atoms with Gasteiger partial charge in [0.25, 0.3) is 0 Å². The Kier molecular flexibility index (Phi) is 15.0. The molecule has 0 aromatic heterocycles. The summed E-state index contributed by atoms with van der Waals surface area (Å²) >= 11 is 0. The zero-order chi connectivity index (χ0) is 22.7. The maximum absolute atomic E-state index is 12.3. The van der Waals surface area contributed by atoms with Gasteiger partial charge in [-0.2, -0.15) is 0 Å². The van der Waals surface area contributed by atoms with Crippen LogP contribution in [0.3, 0.4) is 0 Å². The second-order valence-electron chi connectivity index (χ2n) is 9.06. The van der Waals surface area contributed by atoms with Crippen molar-refractivity contribution in [1.82, 2.24) is 16.0 Å². The highest BCUT2D eigenvalue weighted by atomic mass is 127. The van der Waals surface area contributed by atoms with Crippen LogP contribution in [0.4, 0.5) is 4.79 Å². The number of amides is 1. The molecule has 10 heteroatoms. The first kappa shape index (κ1) is 31.4. The third-order valence-corrected chi connectivity index (χ3v) is 6.63. The fraction of sp³-hybridized carbons (Fsp3) is 0.900. The van der Waals surface area contributed by atoms with Gasteiger partial charge >= 0.3 is 6.09 Å². The molecule has 0 saturated heterocycles. The molecule has 0 aromatic rings. The van der Waals surface area contributed by atoms with Crippen molar-refractivity contribution in [2.45, 2.75) is 91.0 Å². The molecular weight excluding hydrogens is 519 g/mol. The molecule has 1 atom stereocenters. The number of sulfone groups is 1. The number of unbranched alkanes of at least 4 members (excludes halogenated alkanes) is 1. The molecule has 0 fully saturated rings. The van der Waals surface area contributed by atoms with E-state index in [1.54, 1.807) is 20.8 Å². The van der Waals surface area contributed by atoms with E-state index in [0.29, 0.717) is 19.0 Å². The average molecular weight is 563 g/mol. The van der Waals surface area contributed by atoms with Crippen molar-refractivity contribution in [2.75, 3.05) is 25.4 Å². The summed E-state index contributed by atoms with van der Waals surface area (Å²) in [6.07, 6.45) is 2.41. The van der Waals surface area contributed by atoms with E-state index in [-0.39, 0.29) is 42.3 Å². The maximum atomic E-state index is 12.3. The lowest BCUT2D eigenvalue weighted by Crippen LogP contribution is -2.49. The quantitative estimate of drug-likeness (QED) is 0.214. The molecule has 180 valence electrons. The number of hydrogen-bond acceptors (Lipinski definition) is 5. The minimum Gasteiger partial charge on any atom is -0.444 e. The second kappa shape index (κ2) is 14.3. The lowest BCUT2D eigenvalue weighted by atomic mass is 10.1. The van der Waals surface area contributed by atoms with E-state index in [4.69, 9.17) is 4.74 Å². The number of hydrogen-bond donors (Lipinski definition) is 3. The first-order chi connectivity index (χ1) is 13.2. The van der Waals surface area contributed by atoms with Crippen LogP contribution in [0.5, 0.6) is 0 Å². The first-order valence-corrected chi connectivity index (χ1v) is 12.1. The van der Waals surface area contributed by atoms with Gasteiger partial charge < -0.3 is 20.7 Å². The van der Waals surface area contributed by atoms with Crippen molar-refractivity contribution in [3.05, 3.63) is 0 Å². The maximum Gasteiger partial charge on any atom is 0.407 e. The lowest BCUT2D eigenvalue weighted by Gasteiger charge is -2.24. The molecule has 0 aliphatic carbocycles. The summed E-state index contributed by atoms with van der Waals surface area (Å²) in [5.41, 5.74) is -0.550. The molecule has 3 N–H and O–H groups in total. The Balaban J connectivity index is 0. The SMILES string of the molecule is CCCCC(CNC(=O)OC(C)(C)C)NC(=NCCS(=O)(=O)C(C)(C)C)NCC.I. The standard InChI is InChI=1S/C20H42N4O4S.HI/c1-9-11-12-16(15-23-18(25)28-19(3,4)5)24-17(21-10-2)22-13-14-29(26,27)20(6,7)8;/h16H,9-15H2,1-8H3,(H,23,25)(H2,21,22,24);1H. The molecular formula is C20H43IN4O4S. The van der Waals surface area contributed by atoms with Crippen LogP contribution in [0.1, 0.15) is 74.7 Å². The van der Waals surface area contributed by atoms with Crippen LogP contribution in [0.2, 0.25) is 0 Å². The van der Waals surface area contributed by atoms with Gasteiger partial charge in [-0.25, -0.2) is 13.2 Å². The number of guanidine groups is 1. The van der Waals surface area contributed by atoms with Crippen LogP contribution in [-0.2, 0) is 14.6 Å². The van der Waals surface area contributed by atoms with Gasteiger partial charge in [0, 0.05) is 19.1 Å². The minimum atomic E-state index is -3.23. The van der Waals surface area contributed by atoms with Crippen molar-refractivity contribution < 1.29 is 17.9 Å². The van der Waals surface area contributed by atoms with Gasteiger partial charge in [-0.1, -0.05) is 19.8 Å². The van der Waals surface area contributed by atoms with Crippen molar-refractivity contribution in [3.8, 4) is 0 Å². The number of nitrogens with zero attached hydrogens (tertiary/aromatic N) is 1. The largest absolute Gasteiger partial charge is 0.444 e. The van der Waals surface area contributed by atoms with Gasteiger partial charge in [0.2, 0.25) is 0 Å². The van der Waals surface area contributed by atoms with Crippen molar-refractivity contribution in [3.63, 3.8) is 0 Å². The molecule has 0 rings (SSSR count). The average Bonchev–Trinajstić information content (AvgIpc) is 2.54. The Labute approximate surface area is 200 Å². The number of alkyl carbamates (subject to hydrolysis) is 1. The second-order valence-corrected chi connectivity index (χ2v) is 11.9. The molecule has 0 heterocycles.